The lowest BCUT2D eigenvalue weighted by Gasteiger charge is -2.28. The van der Waals surface area contributed by atoms with Crippen LogP contribution in [0.15, 0.2) is 18.2 Å². The van der Waals surface area contributed by atoms with Gasteiger partial charge in [0.1, 0.15) is 0 Å². The largest absolute Gasteiger partial charge is 0.309 e. The molecule has 18 heavy (non-hydrogen) atoms. The molecule has 0 radical (unpaired) electrons. The van der Waals surface area contributed by atoms with Crippen LogP contribution in [0.3, 0.4) is 0 Å². The molecule has 0 aliphatic rings. The Balaban J connectivity index is 2.89. The number of benzene rings is 1. The molecule has 0 fully saturated rings. The van der Waals surface area contributed by atoms with Crippen LogP contribution in [0.1, 0.15) is 43.5 Å². The Morgan fingerprint density at radius 3 is 2.39 bits per heavy atom. The molecule has 0 aliphatic carbocycles. The maximum Gasteiger partial charge on any atom is 0.0451 e. The first kappa shape index (κ1) is 15.2. The summed E-state index contributed by atoms with van der Waals surface area (Å²) in [4.78, 5) is 2.40. The normalized spacial score (nSPS) is 13.3. The number of nitrogens with one attached hydrogen (secondary N) is 1. The number of aryl methyl sites for hydroxylation is 2. The number of hydrogen-bond donors (Lipinski definition) is 1. The quantitative estimate of drug-likeness (QED) is 0.831. The molecular formula is C16H28N2. The second-order valence-corrected chi connectivity index (χ2v) is 5.50. The highest BCUT2D eigenvalue weighted by Crippen LogP contribution is 2.20. The second-order valence-electron chi connectivity index (χ2n) is 5.50. The fraction of sp³-hybridized carbons (Fsp3) is 0.625. The van der Waals surface area contributed by atoms with Gasteiger partial charge < -0.3 is 10.2 Å². The predicted molar refractivity (Wildman–Crippen MR) is 80.1 cm³/mol. The molecule has 0 amide bonds. The first-order chi connectivity index (χ1) is 8.45. The summed E-state index contributed by atoms with van der Waals surface area (Å²) in [6.45, 7) is 13.1. The van der Waals surface area contributed by atoms with Gasteiger partial charge in [-0.2, -0.15) is 0 Å². The molecule has 0 aromatic heterocycles. The van der Waals surface area contributed by atoms with E-state index in [1.165, 1.54) is 16.7 Å². The zero-order valence-electron chi connectivity index (χ0n) is 12.7. The monoisotopic (exact) mass is 248 g/mol. The fourth-order valence-electron chi connectivity index (χ4n) is 2.23. The van der Waals surface area contributed by atoms with E-state index in [0.29, 0.717) is 12.1 Å². The van der Waals surface area contributed by atoms with Crippen molar-refractivity contribution < 1.29 is 0 Å². The van der Waals surface area contributed by atoms with E-state index in [0.717, 1.165) is 13.1 Å². The van der Waals surface area contributed by atoms with Crippen molar-refractivity contribution in [3.63, 3.8) is 0 Å². The van der Waals surface area contributed by atoms with Crippen LogP contribution in [-0.2, 0) is 0 Å². The molecule has 0 spiro atoms. The molecule has 2 nitrogen and oxygen atoms in total. The molecule has 1 aromatic rings. The summed E-state index contributed by atoms with van der Waals surface area (Å²) in [7, 11) is 2.19. The van der Waals surface area contributed by atoms with Crippen LogP contribution in [0.5, 0.6) is 0 Å². The topological polar surface area (TPSA) is 15.3 Å². The number of nitrogens with zero attached hydrogens (tertiary/aromatic N) is 1. The second kappa shape index (κ2) is 6.91. The van der Waals surface area contributed by atoms with E-state index in [9.17, 15) is 0 Å². The van der Waals surface area contributed by atoms with Crippen molar-refractivity contribution in [3.8, 4) is 0 Å². The van der Waals surface area contributed by atoms with E-state index in [4.69, 9.17) is 0 Å². The van der Waals surface area contributed by atoms with Crippen LogP contribution >= 0.6 is 0 Å². The van der Waals surface area contributed by atoms with E-state index >= 15 is 0 Å². The minimum atomic E-state index is 0.419. The van der Waals surface area contributed by atoms with Gasteiger partial charge in [0.2, 0.25) is 0 Å². The molecule has 1 rings (SSSR count). The zero-order chi connectivity index (χ0) is 13.7. The zero-order valence-corrected chi connectivity index (χ0v) is 12.7. The number of rotatable bonds is 6. The lowest BCUT2D eigenvalue weighted by Crippen LogP contribution is -2.36. The summed E-state index contributed by atoms with van der Waals surface area (Å²) < 4.78 is 0. The van der Waals surface area contributed by atoms with E-state index in [-0.39, 0.29) is 0 Å². The smallest absolute Gasteiger partial charge is 0.0451 e. The minimum absolute atomic E-state index is 0.419. The molecule has 102 valence electrons. The molecule has 0 saturated heterocycles. The third-order valence-electron chi connectivity index (χ3n) is 3.60. The summed E-state index contributed by atoms with van der Waals surface area (Å²) in [6.07, 6.45) is 0. The van der Waals surface area contributed by atoms with Crippen LogP contribution < -0.4 is 5.32 Å². The first-order valence-corrected chi connectivity index (χ1v) is 6.96. The summed E-state index contributed by atoms with van der Waals surface area (Å²) in [5.41, 5.74) is 4.15. The molecule has 0 aliphatic heterocycles. The third-order valence-corrected chi connectivity index (χ3v) is 3.60. The van der Waals surface area contributed by atoms with Crippen molar-refractivity contribution in [2.45, 2.75) is 46.7 Å². The Hall–Kier alpha value is -0.860. The summed E-state index contributed by atoms with van der Waals surface area (Å²) in [5.74, 6) is 0. The molecule has 1 atom stereocenters. The maximum atomic E-state index is 3.60. The molecule has 1 unspecified atom stereocenters. The van der Waals surface area contributed by atoms with E-state index in [2.05, 4.69) is 70.1 Å². The highest BCUT2D eigenvalue weighted by molar-refractivity contribution is 5.33. The molecule has 1 aromatic carbocycles. The summed E-state index contributed by atoms with van der Waals surface area (Å²) in [5, 5.41) is 3.60. The standard InChI is InChI=1S/C16H28N2/c1-7-17-16(11-18(6)12(2)3)15-9-8-13(4)10-14(15)5/h8-10,12,16-17H,7,11H2,1-6H3. The van der Waals surface area contributed by atoms with Crippen LogP contribution in [0.25, 0.3) is 0 Å². The average molecular weight is 248 g/mol. The number of likely N-dealkylation sites (N-methyl/N-ethyl adjacent to an activating group) is 2. The Bertz CT molecular complexity index is 371. The SMILES string of the molecule is CCNC(CN(C)C(C)C)c1ccc(C)cc1C. The van der Waals surface area contributed by atoms with Gasteiger partial charge in [-0.1, -0.05) is 30.7 Å². The van der Waals surface area contributed by atoms with Gasteiger partial charge in [-0.05, 0) is 52.4 Å². The van der Waals surface area contributed by atoms with Crippen molar-refractivity contribution >= 4 is 0 Å². The van der Waals surface area contributed by atoms with Crippen molar-refractivity contribution in [3.05, 3.63) is 34.9 Å². The Kier molecular flexibility index (Phi) is 5.83. The Morgan fingerprint density at radius 1 is 1.22 bits per heavy atom. The van der Waals surface area contributed by atoms with Crippen molar-refractivity contribution in [1.82, 2.24) is 10.2 Å². The molecule has 1 N–H and O–H groups in total. The van der Waals surface area contributed by atoms with Gasteiger partial charge in [0, 0.05) is 18.6 Å². The van der Waals surface area contributed by atoms with E-state index in [1.807, 2.05) is 0 Å². The highest BCUT2D eigenvalue weighted by Gasteiger charge is 2.16. The van der Waals surface area contributed by atoms with Crippen LogP contribution in [-0.4, -0.2) is 31.1 Å². The molecule has 0 bridgehead atoms. The lowest BCUT2D eigenvalue weighted by molar-refractivity contribution is 0.243. The first-order valence-electron chi connectivity index (χ1n) is 6.96. The van der Waals surface area contributed by atoms with Gasteiger partial charge in [-0.15, -0.1) is 0 Å². The Morgan fingerprint density at radius 2 is 1.89 bits per heavy atom. The number of hydrogen-bond acceptors (Lipinski definition) is 2. The predicted octanol–water partition coefficient (Wildman–Crippen LogP) is 3.29. The summed E-state index contributed by atoms with van der Waals surface area (Å²) >= 11 is 0. The molecule has 2 heteroatoms. The van der Waals surface area contributed by atoms with Crippen molar-refractivity contribution in [2.75, 3.05) is 20.1 Å². The van der Waals surface area contributed by atoms with Gasteiger partial charge in [0.15, 0.2) is 0 Å². The van der Waals surface area contributed by atoms with E-state index < -0.39 is 0 Å². The minimum Gasteiger partial charge on any atom is -0.309 e. The van der Waals surface area contributed by atoms with Gasteiger partial charge in [0.25, 0.3) is 0 Å². The molecular weight excluding hydrogens is 220 g/mol. The summed E-state index contributed by atoms with van der Waals surface area (Å²) in [6, 6.07) is 7.75. The molecule has 0 saturated carbocycles. The van der Waals surface area contributed by atoms with Gasteiger partial charge in [-0.3, -0.25) is 0 Å². The van der Waals surface area contributed by atoms with Crippen LogP contribution in [0, 0.1) is 13.8 Å². The van der Waals surface area contributed by atoms with Crippen molar-refractivity contribution in [1.29, 1.82) is 0 Å². The highest BCUT2D eigenvalue weighted by atomic mass is 15.1. The maximum absolute atomic E-state index is 3.60. The Labute approximate surface area is 112 Å². The fourth-order valence-corrected chi connectivity index (χ4v) is 2.23. The molecule has 0 heterocycles. The van der Waals surface area contributed by atoms with Gasteiger partial charge in [-0.25, -0.2) is 0 Å². The van der Waals surface area contributed by atoms with E-state index in [1.54, 1.807) is 0 Å². The van der Waals surface area contributed by atoms with Gasteiger partial charge in [0.05, 0.1) is 0 Å². The average Bonchev–Trinajstić information content (AvgIpc) is 2.28. The third kappa shape index (κ3) is 4.11. The lowest BCUT2D eigenvalue weighted by atomic mass is 9.98. The van der Waals surface area contributed by atoms with Crippen LogP contribution in [0.4, 0.5) is 0 Å². The van der Waals surface area contributed by atoms with Crippen molar-refractivity contribution in [2.24, 2.45) is 0 Å². The van der Waals surface area contributed by atoms with Gasteiger partial charge >= 0.3 is 0 Å². The van der Waals surface area contributed by atoms with Crippen LogP contribution in [0.2, 0.25) is 0 Å².